The van der Waals surface area contributed by atoms with Crippen LogP contribution in [-0.2, 0) is 0 Å². The molecule has 1 unspecified atom stereocenters. The molecule has 2 nitrogen and oxygen atoms in total. The molecule has 80 valence electrons. The molecule has 0 saturated heterocycles. The number of rotatable bonds is 8. The number of aliphatic hydroxyl groups excluding tert-OH is 1. The minimum atomic E-state index is 0.263. The maximum absolute atomic E-state index is 9.05. The zero-order valence-electron chi connectivity index (χ0n) is 9.05. The van der Waals surface area contributed by atoms with E-state index in [9.17, 15) is 0 Å². The van der Waals surface area contributed by atoms with Gasteiger partial charge in [-0.3, -0.25) is 0 Å². The summed E-state index contributed by atoms with van der Waals surface area (Å²) in [7, 11) is 0. The standard InChI is InChI=1S/C10H23NOS/c1-4-6-11-10(8-12)5-7-13-9(2)3/h9-12H,4-8H2,1-3H3. The predicted octanol–water partition coefficient (Wildman–Crippen LogP) is 1.88. The molecule has 0 heterocycles. The van der Waals surface area contributed by atoms with Gasteiger partial charge >= 0.3 is 0 Å². The SMILES string of the molecule is CCCNC(CO)CCSC(C)C. The van der Waals surface area contributed by atoms with Gasteiger partial charge in [-0.2, -0.15) is 11.8 Å². The van der Waals surface area contributed by atoms with Gasteiger partial charge in [0.2, 0.25) is 0 Å². The number of aliphatic hydroxyl groups is 1. The lowest BCUT2D eigenvalue weighted by atomic mass is 10.2. The Morgan fingerprint density at radius 3 is 2.54 bits per heavy atom. The van der Waals surface area contributed by atoms with Crippen molar-refractivity contribution >= 4 is 11.8 Å². The van der Waals surface area contributed by atoms with Crippen LogP contribution in [0.5, 0.6) is 0 Å². The number of nitrogens with one attached hydrogen (secondary N) is 1. The summed E-state index contributed by atoms with van der Waals surface area (Å²) >= 11 is 1.96. The second-order valence-electron chi connectivity index (χ2n) is 3.54. The second-order valence-corrected chi connectivity index (χ2v) is 5.23. The van der Waals surface area contributed by atoms with E-state index in [0.29, 0.717) is 11.3 Å². The monoisotopic (exact) mass is 205 g/mol. The molecule has 0 spiro atoms. The predicted molar refractivity (Wildman–Crippen MR) is 61.4 cm³/mol. The molecular weight excluding hydrogens is 182 g/mol. The Balaban J connectivity index is 3.36. The van der Waals surface area contributed by atoms with Gasteiger partial charge in [0.15, 0.2) is 0 Å². The van der Waals surface area contributed by atoms with Gasteiger partial charge in [0.05, 0.1) is 6.61 Å². The van der Waals surface area contributed by atoms with Crippen LogP contribution in [0.1, 0.15) is 33.6 Å². The molecule has 0 rings (SSSR count). The molecule has 1 atom stereocenters. The van der Waals surface area contributed by atoms with Gasteiger partial charge in [0, 0.05) is 6.04 Å². The first-order valence-electron chi connectivity index (χ1n) is 5.16. The summed E-state index contributed by atoms with van der Waals surface area (Å²) in [6.07, 6.45) is 2.20. The van der Waals surface area contributed by atoms with Crippen molar-refractivity contribution in [2.45, 2.75) is 44.9 Å². The molecule has 0 aromatic carbocycles. The van der Waals surface area contributed by atoms with Gasteiger partial charge in [-0.15, -0.1) is 0 Å². The van der Waals surface area contributed by atoms with E-state index in [0.717, 1.165) is 25.1 Å². The van der Waals surface area contributed by atoms with Crippen molar-refractivity contribution in [1.29, 1.82) is 0 Å². The van der Waals surface area contributed by atoms with E-state index in [4.69, 9.17) is 5.11 Å². The number of hydrogen-bond donors (Lipinski definition) is 2. The topological polar surface area (TPSA) is 32.3 Å². The molecular formula is C10H23NOS. The average Bonchev–Trinajstić information content (AvgIpc) is 2.10. The van der Waals surface area contributed by atoms with E-state index in [1.165, 1.54) is 0 Å². The molecule has 13 heavy (non-hydrogen) atoms. The highest BCUT2D eigenvalue weighted by molar-refractivity contribution is 7.99. The Kier molecular flexibility index (Phi) is 9.03. The van der Waals surface area contributed by atoms with Crippen LogP contribution >= 0.6 is 11.8 Å². The highest BCUT2D eigenvalue weighted by atomic mass is 32.2. The van der Waals surface area contributed by atoms with E-state index >= 15 is 0 Å². The lowest BCUT2D eigenvalue weighted by Gasteiger charge is -2.15. The second kappa shape index (κ2) is 8.85. The fourth-order valence-corrected chi connectivity index (χ4v) is 1.94. The molecule has 0 saturated carbocycles. The summed E-state index contributed by atoms with van der Waals surface area (Å²) in [6, 6.07) is 0.297. The summed E-state index contributed by atoms with van der Waals surface area (Å²) in [5.74, 6) is 1.14. The fourth-order valence-electron chi connectivity index (χ4n) is 1.05. The zero-order chi connectivity index (χ0) is 10.1. The first-order chi connectivity index (χ1) is 6.20. The number of hydrogen-bond acceptors (Lipinski definition) is 3. The van der Waals surface area contributed by atoms with E-state index in [2.05, 4.69) is 26.1 Å². The maximum Gasteiger partial charge on any atom is 0.0584 e. The van der Waals surface area contributed by atoms with E-state index in [1.54, 1.807) is 0 Å². The Labute approximate surface area is 86.5 Å². The van der Waals surface area contributed by atoms with Gasteiger partial charge in [-0.25, -0.2) is 0 Å². The molecule has 3 heteroatoms. The summed E-state index contributed by atoms with van der Waals surface area (Å²) < 4.78 is 0. The van der Waals surface area contributed by atoms with Crippen LogP contribution < -0.4 is 5.32 Å². The minimum absolute atomic E-state index is 0.263. The quantitative estimate of drug-likeness (QED) is 0.634. The molecule has 0 amide bonds. The van der Waals surface area contributed by atoms with Gasteiger partial charge in [-0.1, -0.05) is 20.8 Å². The Bertz CT molecular complexity index is 109. The van der Waals surface area contributed by atoms with Crippen LogP contribution in [0.2, 0.25) is 0 Å². The summed E-state index contributed by atoms with van der Waals surface area (Å²) in [4.78, 5) is 0. The molecule has 2 N–H and O–H groups in total. The highest BCUT2D eigenvalue weighted by Crippen LogP contribution is 2.11. The van der Waals surface area contributed by atoms with E-state index in [1.807, 2.05) is 11.8 Å². The van der Waals surface area contributed by atoms with Crippen molar-refractivity contribution in [3.8, 4) is 0 Å². The van der Waals surface area contributed by atoms with Crippen molar-refractivity contribution in [3.63, 3.8) is 0 Å². The van der Waals surface area contributed by atoms with Crippen molar-refractivity contribution in [2.75, 3.05) is 18.9 Å². The highest BCUT2D eigenvalue weighted by Gasteiger charge is 2.05. The van der Waals surface area contributed by atoms with Crippen LogP contribution in [0.4, 0.5) is 0 Å². The van der Waals surface area contributed by atoms with Crippen LogP contribution in [-0.4, -0.2) is 35.3 Å². The molecule has 0 aromatic rings. The van der Waals surface area contributed by atoms with Gasteiger partial charge in [0.1, 0.15) is 0 Å². The third-order valence-electron chi connectivity index (χ3n) is 1.82. The van der Waals surface area contributed by atoms with Gasteiger partial charge < -0.3 is 10.4 Å². The van der Waals surface area contributed by atoms with Gasteiger partial charge in [-0.05, 0) is 30.4 Å². The molecule has 0 aliphatic carbocycles. The number of thioether (sulfide) groups is 1. The lowest BCUT2D eigenvalue weighted by molar-refractivity contribution is 0.240. The Morgan fingerprint density at radius 2 is 2.08 bits per heavy atom. The minimum Gasteiger partial charge on any atom is -0.395 e. The third-order valence-corrected chi connectivity index (χ3v) is 2.96. The van der Waals surface area contributed by atoms with Crippen molar-refractivity contribution in [1.82, 2.24) is 5.32 Å². The van der Waals surface area contributed by atoms with E-state index < -0.39 is 0 Å². The smallest absolute Gasteiger partial charge is 0.0584 e. The molecule has 0 aromatic heterocycles. The Hall–Kier alpha value is 0.270. The molecule has 0 fully saturated rings. The van der Waals surface area contributed by atoms with Crippen LogP contribution in [0.25, 0.3) is 0 Å². The van der Waals surface area contributed by atoms with Crippen molar-refractivity contribution < 1.29 is 5.11 Å². The van der Waals surface area contributed by atoms with E-state index in [-0.39, 0.29) is 6.61 Å². The molecule has 0 aliphatic heterocycles. The summed E-state index contributed by atoms with van der Waals surface area (Å²) in [5, 5.41) is 13.1. The Morgan fingerprint density at radius 1 is 1.38 bits per heavy atom. The average molecular weight is 205 g/mol. The summed E-state index contributed by atoms with van der Waals surface area (Å²) in [6.45, 7) is 7.83. The summed E-state index contributed by atoms with van der Waals surface area (Å²) in [5.41, 5.74) is 0. The first kappa shape index (κ1) is 13.3. The third kappa shape index (κ3) is 8.60. The van der Waals surface area contributed by atoms with Crippen molar-refractivity contribution in [2.24, 2.45) is 0 Å². The van der Waals surface area contributed by atoms with Crippen LogP contribution in [0.3, 0.4) is 0 Å². The van der Waals surface area contributed by atoms with Gasteiger partial charge in [0.25, 0.3) is 0 Å². The normalized spacial score (nSPS) is 13.6. The van der Waals surface area contributed by atoms with Crippen LogP contribution in [0, 0.1) is 0 Å². The molecule has 0 bridgehead atoms. The largest absolute Gasteiger partial charge is 0.395 e. The zero-order valence-corrected chi connectivity index (χ0v) is 9.86. The van der Waals surface area contributed by atoms with Crippen molar-refractivity contribution in [3.05, 3.63) is 0 Å². The lowest BCUT2D eigenvalue weighted by Crippen LogP contribution is -2.33. The fraction of sp³-hybridized carbons (Fsp3) is 1.00. The molecule has 0 aliphatic rings. The maximum atomic E-state index is 9.05. The van der Waals surface area contributed by atoms with Crippen LogP contribution in [0.15, 0.2) is 0 Å². The molecule has 0 radical (unpaired) electrons. The first-order valence-corrected chi connectivity index (χ1v) is 6.21.